The minimum atomic E-state index is -0.982. The van der Waals surface area contributed by atoms with E-state index in [2.05, 4.69) is 5.32 Å². The second-order valence-corrected chi connectivity index (χ2v) is 6.41. The maximum absolute atomic E-state index is 14.3. The van der Waals surface area contributed by atoms with Gasteiger partial charge in [0.05, 0.1) is 11.4 Å². The zero-order chi connectivity index (χ0) is 18.1. The van der Waals surface area contributed by atoms with Gasteiger partial charge in [-0.05, 0) is 25.1 Å². The van der Waals surface area contributed by atoms with Crippen LogP contribution in [0.25, 0.3) is 11.3 Å². The van der Waals surface area contributed by atoms with Gasteiger partial charge in [0.25, 0.3) is 0 Å². The molecule has 4 nitrogen and oxygen atoms in total. The fourth-order valence-electron chi connectivity index (χ4n) is 3.29. The van der Waals surface area contributed by atoms with Crippen LogP contribution in [0.4, 0.5) is 9.18 Å². The monoisotopic (exact) mass is 348 g/mol. The van der Waals surface area contributed by atoms with Crippen LogP contribution in [0.2, 0.25) is 0 Å². The van der Waals surface area contributed by atoms with Crippen molar-refractivity contribution in [2.45, 2.75) is 18.6 Å². The van der Waals surface area contributed by atoms with E-state index in [1.54, 1.807) is 25.1 Å². The molecule has 130 valence electrons. The van der Waals surface area contributed by atoms with Crippen molar-refractivity contribution in [3.05, 3.63) is 89.9 Å². The Balaban J connectivity index is 1.80. The Morgan fingerprint density at radius 1 is 1.00 bits per heavy atom. The van der Waals surface area contributed by atoms with E-state index in [1.165, 1.54) is 6.07 Å². The minimum absolute atomic E-state index is 0.320. The van der Waals surface area contributed by atoms with Gasteiger partial charge in [0, 0.05) is 11.1 Å². The van der Waals surface area contributed by atoms with Crippen molar-refractivity contribution in [3.8, 4) is 11.3 Å². The number of nitrogens with one attached hydrogen (secondary N) is 1. The number of amides is 1. The topological polar surface area (TPSA) is 51.2 Å². The smallest absolute Gasteiger partial charge is 0.408 e. The highest BCUT2D eigenvalue weighted by molar-refractivity contribution is 5.72. The molecule has 4 rings (SSSR count). The van der Waals surface area contributed by atoms with Gasteiger partial charge >= 0.3 is 6.09 Å². The highest BCUT2D eigenvalue weighted by Gasteiger charge is 2.49. The number of nitrogens with zero attached hydrogens (tertiary/aromatic N) is 1. The minimum Gasteiger partial charge on any atom is -0.438 e. The highest BCUT2D eigenvalue weighted by Crippen LogP contribution is 2.42. The van der Waals surface area contributed by atoms with Gasteiger partial charge < -0.3 is 10.1 Å². The van der Waals surface area contributed by atoms with Gasteiger partial charge in [-0.3, -0.25) is 4.98 Å². The van der Waals surface area contributed by atoms with Crippen molar-refractivity contribution in [1.29, 1.82) is 0 Å². The molecule has 2 heterocycles. The van der Waals surface area contributed by atoms with Crippen LogP contribution in [-0.4, -0.2) is 11.1 Å². The van der Waals surface area contributed by atoms with E-state index in [4.69, 9.17) is 9.72 Å². The molecule has 0 saturated carbocycles. The summed E-state index contributed by atoms with van der Waals surface area (Å²) in [4.78, 5) is 16.7. The summed E-state index contributed by atoms with van der Waals surface area (Å²) in [5.41, 5.74) is 1.69. The summed E-state index contributed by atoms with van der Waals surface area (Å²) in [6, 6.07) is 21.6. The Labute approximate surface area is 150 Å². The lowest BCUT2D eigenvalue weighted by Gasteiger charge is -2.28. The molecular weight excluding hydrogens is 331 g/mol. The van der Waals surface area contributed by atoms with E-state index in [9.17, 15) is 9.18 Å². The molecule has 1 aromatic heterocycles. The Bertz CT molecular complexity index is 961. The van der Waals surface area contributed by atoms with Gasteiger partial charge in [-0.15, -0.1) is 0 Å². The summed E-state index contributed by atoms with van der Waals surface area (Å²) in [5.74, 6) is -0.417. The summed E-state index contributed by atoms with van der Waals surface area (Å²) in [6.45, 7) is 1.80. The average Bonchev–Trinajstić information content (AvgIpc) is 2.98. The van der Waals surface area contributed by atoms with E-state index in [0.717, 1.165) is 11.3 Å². The molecule has 2 atom stereocenters. The van der Waals surface area contributed by atoms with Crippen LogP contribution in [0.15, 0.2) is 72.8 Å². The molecule has 0 unspecified atom stereocenters. The quantitative estimate of drug-likeness (QED) is 0.753. The summed E-state index contributed by atoms with van der Waals surface area (Å²) < 4.78 is 19.7. The molecular formula is C21H17FN2O2. The average molecular weight is 348 g/mol. The number of pyridine rings is 1. The zero-order valence-electron chi connectivity index (χ0n) is 14.1. The summed E-state index contributed by atoms with van der Waals surface area (Å²) in [5, 5.41) is 2.81. The van der Waals surface area contributed by atoms with E-state index < -0.39 is 23.6 Å². The lowest BCUT2D eigenvalue weighted by Crippen LogP contribution is -2.40. The number of rotatable bonds is 3. The van der Waals surface area contributed by atoms with E-state index in [-0.39, 0.29) is 0 Å². The van der Waals surface area contributed by atoms with Crippen LogP contribution >= 0.6 is 0 Å². The fourth-order valence-corrected chi connectivity index (χ4v) is 3.29. The number of benzene rings is 2. The Kier molecular flexibility index (Phi) is 3.92. The molecule has 1 aliphatic rings. The SMILES string of the molecule is C[C@@]1(c2cccc(-c3ccccc3)n2)NC(=O)O[C@H]1c1ccccc1F. The lowest BCUT2D eigenvalue weighted by molar-refractivity contribution is 0.109. The number of carbonyl (C=O) groups excluding carboxylic acids is 1. The third-order valence-corrected chi connectivity index (χ3v) is 4.65. The summed E-state index contributed by atoms with van der Waals surface area (Å²) in [7, 11) is 0. The summed E-state index contributed by atoms with van der Waals surface area (Å²) in [6.07, 6.45) is -1.40. The number of aromatic nitrogens is 1. The van der Waals surface area contributed by atoms with Crippen molar-refractivity contribution < 1.29 is 13.9 Å². The number of hydrogen-bond donors (Lipinski definition) is 1. The normalized spacial score (nSPS) is 21.9. The van der Waals surface area contributed by atoms with Gasteiger partial charge in [0.15, 0.2) is 6.10 Å². The molecule has 1 saturated heterocycles. The van der Waals surface area contributed by atoms with Crippen LogP contribution in [0.3, 0.4) is 0 Å². The first kappa shape index (κ1) is 16.3. The van der Waals surface area contributed by atoms with Gasteiger partial charge in [-0.2, -0.15) is 0 Å². The van der Waals surface area contributed by atoms with Gasteiger partial charge in [-0.1, -0.05) is 54.6 Å². The van der Waals surface area contributed by atoms with Crippen LogP contribution in [-0.2, 0) is 10.3 Å². The maximum Gasteiger partial charge on any atom is 0.408 e. The number of alkyl carbamates (subject to hydrolysis) is 1. The van der Waals surface area contributed by atoms with Crippen LogP contribution in [0, 0.1) is 5.82 Å². The van der Waals surface area contributed by atoms with Gasteiger partial charge in [0.2, 0.25) is 0 Å². The molecule has 0 spiro atoms. The van der Waals surface area contributed by atoms with Crippen molar-refractivity contribution in [2.24, 2.45) is 0 Å². The first-order chi connectivity index (χ1) is 12.6. The Morgan fingerprint density at radius 3 is 2.50 bits per heavy atom. The second-order valence-electron chi connectivity index (χ2n) is 6.41. The molecule has 5 heteroatoms. The number of cyclic esters (lactones) is 1. The van der Waals surface area contributed by atoms with Crippen LogP contribution in [0.5, 0.6) is 0 Å². The molecule has 26 heavy (non-hydrogen) atoms. The number of halogens is 1. The van der Waals surface area contributed by atoms with Crippen molar-refractivity contribution >= 4 is 6.09 Å². The third kappa shape index (κ3) is 2.71. The summed E-state index contributed by atoms with van der Waals surface area (Å²) >= 11 is 0. The second kappa shape index (κ2) is 6.26. The molecule has 1 fully saturated rings. The fraction of sp³-hybridized carbons (Fsp3) is 0.143. The first-order valence-corrected chi connectivity index (χ1v) is 8.34. The number of ether oxygens (including phenoxy) is 1. The maximum atomic E-state index is 14.3. The highest BCUT2D eigenvalue weighted by atomic mass is 19.1. The van der Waals surface area contributed by atoms with Crippen molar-refractivity contribution in [2.75, 3.05) is 0 Å². The predicted octanol–water partition coefficient (Wildman–Crippen LogP) is 4.58. The molecule has 1 amide bonds. The standard InChI is InChI=1S/C21H17FN2O2/c1-21(18-13-7-12-17(23-18)14-8-3-2-4-9-14)19(26-20(25)24-21)15-10-5-6-11-16(15)22/h2-13,19H,1H3,(H,24,25)/t19-,21-/m0/s1. The van der Waals surface area contributed by atoms with E-state index in [0.29, 0.717) is 11.3 Å². The molecule has 0 bridgehead atoms. The Morgan fingerprint density at radius 2 is 1.73 bits per heavy atom. The van der Waals surface area contributed by atoms with E-state index >= 15 is 0 Å². The third-order valence-electron chi connectivity index (χ3n) is 4.65. The first-order valence-electron chi connectivity index (χ1n) is 8.34. The van der Waals surface area contributed by atoms with Crippen molar-refractivity contribution in [1.82, 2.24) is 10.3 Å². The van der Waals surface area contributed by atoms with Gasteiger partial charge in [0.1, 0.15) is 11.4 Å². The lowest BCUT2D eigenvalue weighted by atomic mass is 9.86. The number of hydrogen-bond acceptors (Lipinski definition) is 3. The molecule has 3 aromatic rings. The van der Waals surface area contributed by atoms with Crippen LogP contribution < -0.4 is 5.32 Å². The zero-order valence-corrected chi connectivity index (χ0v) is 14.1. The van der Waals surface area contributed by atoms with E-state index in [1.807, 2.05) is 48.5 Å². The largest absolute Gasteiger partial charge is 0.438 e. The van der Waals surface area contributed by atoms with Crippen LogP contribution in [0.1, 0.15) is 24.3 Å². The molecule has 1 N–H and O–H groups in total. The molecule has 2 aromatic carbocycles. The Hall–Kier alpha value is -3.21. The molecule has 1 aliphatic heterocycles. The molecule has 0 aliphatic carbocycles. The van der Waals surface area contributed by atoms with Crippen molar-refractivity contribution in [3.63, 3.8) is 0 Å². The van der Waals surface area contributed by atoms with Gasteiger partial charge in [-0.25, -0.2) is 9.18 Å². The predicted molar refractivity (Wildman–Crippen MR) is 95.8 cm³/mol. The number of carbonyl (C=O) groups is 1. The molecule has 0 radical (unpaired) electrons.